The highest BCUT2D eigenvalue weighted by Crippen LogP contribution is 2.39. The summed E-state index contributed by atoms with van der Waals surface area (Å²) in [5.41, 5.74) is 3.37. The van der Waals surface area contributed by atoms with Gasteiger partial charge in [-0.1, -0.05) is 36.4 Å². The molecular weight excluding hydrogens is 556 g/mol. The highest BCUT2D eigenvalue weighted by Gasteiger charge is 2.34. The van der Waals surface area contributed by atoms with Gasteiger partial charge in [-0.2, -0.15) is 4.31 Å². The summed E-state index contributed by atoms with van der Waals surface area (Å²) in [6.45, 7) is 1.73. The molecule has 212 valence electrons. The standard InChI is InChI=1S/C32H32N2O5S2/c1-39-18-5-17-34-28-15-12-23(26-7-2-8-27(31(26)28)32(34)36)20-29(35)24-6-3-16-33(21-24)41(37,38)25-13-10-22(11-14-25)30-9-4-19-40-30/h2,4,7-15,19,24H,3,5-6,16-18,20-21H2,1H3. The molecule has 0 saturated carbocycles. The minimum Gasteiger partial charge on any atom is -0.385 e. The predicted molar refractivity (Wildman–Crippen MR) is 162 cm³/mol. The van der Waals surface area contributed by atoms with E-state index in [-0.39, 0.29) is 35.5 Å². The van der Waals surface area contributed by atoms with Crippen molar-refractivity contribution in [2.45, 2.75) is 30.6 Å². The molecule has 2 aliphatic rings. The number of carbonyl (C=O) groups is 2. The molecule has 0 aliphatic carbocycles. The molecule has 1 fully saturated rings. The highest BCUT2D eigenvalue weighted by atomic mass is 32.2. The van der Waals surface area contributed by atoms with Crippen molar-refractivity contribution in [3.05, 3.63) is 83.2 Å². The molecule has 1 unspecified atom stereocenters. The Morgan fingerprint density at radius 1 is 1.05 bits per heavy atom. The zero-order valence-corrected chi connectivity index (χ0v) is 24.5. The minimum atomic E-state index is -3.71. The van der Waals surface area contributed by atoms with Crippen LogP contribution in [0.25, 0.3) is 21.2 Å². The molecule has 7 nitrogen and oxygen atoms in total. The van der Waals surface area contributed by atoms with E-state index in [4.69, 9.17) is 4.74 Å². The average Bonchev–Trinajstić information content (AvgIpc) is 3.63. The lowest BCUT2D eigenvalue weighted by molar-refractivity contribution is -0.123. The smallest absolute Gasteiger partial charge is 0.258 e. The first-order chi connectivity index (χ1) is 19.9. The third kappa shape index (κ3) is 5.23. The van der Waals surface area contributed by atoms with E-state index in [1.165, 1.54) is 4.31 Å². The third-order valence-corrected chi connectivity index (χ3v) is 10.9. The number of amides is 1. The zero-order valence-electron chi connectivity index (χ0n) is 22.9. The van der Waals surface area contributed by atoms with Gasteiger partial charge in [0.1, 0.15) is 5.78 Å². The number of rotatable bonds is 10. The molecule has 3 heterocycles. The number of benzene rings is 3. The van der Waals surface area contributed by atoms with Crippen LogP contribution in [0.1, 0.15) is 35.2 Å². The first kappa shape index (κ1) is 27.8. The summed E-state index contributed by atoms with van der Waals surface area (Å²) in [6.07, 6.45) is 2.23. The molecule has 4 aromatic rings. The van der Waals surface area contributed by atoms with Crippen LogP contribution < -0.4 is 4.90 Å². The second-order valence-corrected chi connectivity index (χ2v) is 13.5. The molecule has 1 atom stereocenters. The number of methoxy groups -OCH3 is 1. The SMILES string of the molecule is COCCCN1C(=O)c2cccc3c(CC(=O)C4CCCN(S(=O)(=O)c5ccc(-c6cccs6)cc5)C4)ccc1c23. The average molecular weight is 589 g/mol. The molecule has 1 amide bonds. The van der Waals surface area contributed by atoms with Crippen LogP contribution in [0.3, 0.4) is 0 Å². The van der Waals surface area contributed by atoms with Crippen LogP contribution in [-0.4, -0.2) is 57.8 Å². The van der Waals surface area contributed by atoms with Gasteiger partial charge in [-0.15, -0.1) is 11.3 Å². The first-order valence-corrected chi connectivity index (χ1v) is 16.2. The predicted octanol–water partition coefficient (Wildman–Crippen LogP) is 5.78. The zero-order chi connectivity index (χ0) is 28.6. The Morgan fingerprint density at radius 2 is 1.88 bits per heavy atom. The fourth-order valence-corrected chi connectivity index (χ4v) is 8.25. The lowest BCUT2D eigenvalue weighted by atomic mass is 9.89. The Balaban J connectivity index is 1.19. The molecule has 0 spiro atoms. The topological polar surface area (TPSA) is 84.0 Å². The van der Waals surface area contributed by atoms with Crippen LogP contribution in [0.15, 0.2) is 77.0 Å². The second kappa shape index (κ2) is 11.5. The van der Waals surface area contributed by atoms with Crippen LogP contribution in [0, 0.1) is 5.92 Å². The van der Waals surface area contributed by atoms with Crippen LogP contribution in [0.5, 0.6) is 0 Å². The van der Waals surface area contributed by atoms with Gasteiger partial charge in [0.15, 0.2) is 0 Å². The Kier molecular flexibility index (Phi) is 7.78. The normalized spacial score (nSPS) is 17.4. The molecule has 0 bridgehead atoms. The van der Waals surface area contributed by atoms with E-state index in [9.17, 15) is 18.0 Å². The fraction of sp³-hybridized carbons (Fsp3) is 0.312. The quantitative estimate of drug-likeness (QED) is 0.220. The molecule has 9 heteroatoms. The van der Waals surface area contributed by atoms with Crippen LogP contribution >= 0.6 is 11.3 Å². The van der Waals surface area contributed by atoms with Gasteiger partial charge in [0.2, 0.25) is 10.0 Å². The van der Waals surface area contributed by atoms with Crippen LogP contribution in [-0.2, 0) is 26.0 Å². The number of sulfonamides is 1. The number of carbonyl (C=O) groups excluding carboxylic acids is 2. The van der Waals surface area contributed by atoms with Gasteiger partial charge >= 0.3 is 0 Å². The Hall–Kier alpha value is -3.37. The van der Waals surface area contributed by atoms with E-state index in [0.29, 0.717) is 38.1 Å². The number of anilines is 1. The summed E-state index contributed by atoms with van der Waals surface area (Å²) in [7, 11) is -2.07. The van der Waals surface area contributed by atoms with Crippen LogP contribution in [0.4, 0.5) is 5.69 Å². The molecular formula is C32H32N2O5S2. The van der Waals surface area contributed by atoms with Crippen LogP contribution in [0.2, 0.25) is 0 Å². The molecule has 6 rings (SSSR count). The maximum atomic E-state index is 13.6. The van der Waals surface area contributed by atoms with Crippen molar-refractivity contribution in [2.75, 3.05) is 38.3 Å². The number of hydrogen-bond donors (Lipinski definition) is 0. The van der Waals surface area contributed by atoms with Crippen molar-refractivity contribution in [3.63, 3.8) is 0 Å². The maximum Gasteiger partial charge on any atom is 0.258 e. The van der Waals surface area contributed by atoms with Gasteiger partial charge in [0, 0.05) is 61.5 Å². The van der Waals surface area contributed by atoms with E-state index >= 15 is 0 Å². The van der Waals surface area contributed by atoms with Crippen molar-refractivity contribution in [3.8, 4) is 10.4 Å². The van der Waals surface area contributed by atoms with E-state index in [2.05, 4.69) is 0 Å². The number of Topliss-reactive ketones (excluding diaryl/α,β-unsaturated/α-hetero) is 1. The second-order valence-electron chi connectivity index (χ2n) is 10.6. The summed E-state index contributed by atoms with van der Waals surface area (Å²) in [5.74, 6) is -0.374. The summed E-state index contributed by atoms with van der Waals surface area (Å²) < 4.78 is 33.6. The largest absolute Gasteiger partial charge is 0.385 e. The minimum absolute atomic E-state index is 0.0262. The summed E-state index contributed by atoms with van der Waals surface area (Å²) >= 11 is 1.61. The summed E-state index contributed by atoms with van der Waals surface area (Å²) in [6, 6.07) is 20.5. The van der Waals surface area contributed by atoms with Crippen molar-refractivity contribution in [1.82, 2.24) is 4.31 Å². The third-order valence-electron chi connectivity index (χ3n) is 8.11. The van der Waals surface area contributed by atoms with E-state index in [1.807, 2.05) is 60.0 Å². The maximum absolute atomic E-state index is 13.6. The summed E-state index contributed by atoms with van der Waals surface area (Å²) in [5, 5.41) is 3.79. The number of ketones is 1. The fourth-order valence-electron chi connectivity index (χ4n) is 5.99. The molecule has 0 N–H and O–H groups in total. The lowest BCUT2D eigenvalue weighted by Gasteiger charge is -2.31. The lowest BCUT2D eigenvalue weighted by Crippen LogP contribution is -2.42. The van der Waals surface area contributed by atoms with Gasteiger partial charge in [0.25, 0.3) is 5.91 Å². The molecule has 41 heavy (non-hydrogen) atoms. The van der Waals surface area contributed by atoms with Gasteiger partial charge in [0.05, 0.1) is 10.6 Å². The molecule has 3 aromatic carbocycles. The van der Waals surface area contributed by atoms with Gasteiger partial charge in [-0.25, -0.2) is 8.42 Å². The van der Waals surface area contributed by atoms with Crippen molar-refractivity contribution in [1.29, 1.82) is 0 Å². The van der Waals surface area contributed by atoms with Crippen molar-refractivity contribution >= 4 is 49.5 Å². The molecule has 1 aromatic heterocycles. The van der Waals surface area contributed by atoms with E-state index in [1.54, 1.807) is 35.5 Å². The summed E-state index contributed by atoms with van der Waals surface area (Å²) in [4.78, 5) is 29.8. The number of hydrogen-bond acceptors (Lipinski definition) is 6. The van der Waals surface area contributed by atoms with E-state index in [0.717, 1.165) is 38.9 Å². The molecule has 2 aliphatic heterocycles. The Morgan fingerprint density at radius 3 is 2.63 bits per heavy atom. The number of nitrogens with zero attached hydrogens (tertiary/aromatic N) is 2. The Labute approximate surface area is 244 Å². The monoisotopic (exact) mass is 588 g/mol. The van der Waals surface area contributed by atoms with Gasteiger partial charge < -0.3 is 9.64 Å². The van der Waals surface area contributed by atoms with E-state index < -0.39 is 10.0 Å². The highest BCUT2D eigenvalue weighted by molar-refractivity contribution is 7.89. The van der Waals surface area contributed by atoms with Gasteiger partial charge in [-0.05, 0) is 71.5 Å². The van der Waals surface area contributed by atoms with Gasteiger partial charge in [-0.3, -0.25) is 9.59 Å². The first-order valence-electron chi connectivity index (χ1n) is 13.9. The number of ether oxygens (including phenoxy) is 1. The number of piperidine rings is 1. The molecule has 0 radical (unpaired) electrons. The molecule has 1 saturated heterocycles. The van der Waals surface area contributed by atoms with Crippen molar-refractivity contribution < 1.29 is 22.7 Å². The number of thiophene rings is 1. The van der Waals surface area contributed by atoms with Crippen molar-refractivity contribution in [2.24, 2.45) is 5.92 Å². The Bertz CT molecular complexity index is 1700.